The van der Waals surface area contributed by atoms with E-state index in [1.807, 2.05) is 5.32 Å². The first-order valence-corrected chi connectivity index (χ1v) is 8.55. The smallest absolute Gasteiger partial charge is 0.348 e. The van der Waals surface area contributed by atoms with Crippen molar-refractivity contribution in [2.75, 3.05) is 24.9 Å². The fourth-order valence-corrected chi connectivity index (χ4v) is 3.55. The lowest BCUT2D eigenvalue weighted by Crippen LogP contribution is -2.22. The van der Waals surface area contributed by atoms with Crippen LogP contribution in [0.5, 0.6) is 0 Å². The molecule has 0 aliphatic heterocycles. The molecule has 1 aromatic carbocycles. The van der Waals surface area contributed by atoms with Gasteiger partial charge >= 0.3 is 11.9 Å². The number of methoxy groups -OCH3 is 2. The van der Waals surface area contributed by atoms with E-state index in [1.54, 1.807) is 0 Å². The third kappa shape index (κ3) is 4.07. The number of thiocarbonyl (C=S) groups is 1. The van der Waals surface area contributed by atoms with E-state index >= 15 is 0 Å². The van der Waals surface area contributed by atoms with E-state index in [9.17, 15) is 27.2 Å². The summed E-state index contributed by atoms with van der Waals surface area (Å²) < 4.78 is 63.4. The first-order chi connectivity index (χ1) is 13.1. The van der Waals surface area contributed by atoms with Gasteiger partial charge in [0.1, 0.15) is 15.6 Å². The molecule has 0 bridgehead atoms. The van der Waals surface area contributed by atoms with Crippen molar-refractivity contribution in [2.45, 2.75) is 6.92 Å². The van der Waals surface area contributed by atoms with Gasteiger partial charge in [0.15, 0.2) is 28.4 Å². The highest BCUT2D eigenvalue weighted by Crippen LogP contribution is 2.34. The second kappa shape index (κ2) is 8.52. The fraction of sp³-hybridized carbons (Fsp3) is 0.188. The average Bonchev–Trinajstić information content (AvgIpc) is 2.98. The second-order valence-electron chi connectivity index (χ2n) is 5.17. The van der Waals surface area contributed by atoms with E-state index in [0.717, 1.165) is 25.6 Å². The van der Waals surface area contributed by atoms with Gasteiger partial charge in [-0.05, 0) is 24.7 Å². The monoisotopic (exact) mass is 436 g/mol. The van der Waals surface area contributed by atoms with E-state index in [0.29, 0.717) is 0 Å². The van der Waals surface area contributed by atoms with Gasteiger partial charge < -0.3 is 20.1 Å². The Morgan fingerprint density at radius 2 is 1.54 bits per heavy atom. The van der Waals surface area contributed by atoms with E-state index < -0.39 is 46.0 Å². The van der Waals surface area contributed by atoms with E-state index in [4.69, 9.17) is 12.2 Å². The first-order valence-electron chi connectivity index (χ1n) is 7.33. The summed E-state index contributed by atoms with van der Waals surface area (Å²) in [6.07, 6.45) is 0. The maximum absolute atomic E-state index is 13.8. The summed E-state index contributed by atoms with van der Waals surface area (Å²) in [6, 6.07) is 0.0486. The van der Waals surface area contributed by atoms with E-state index in [1.165, 1.54) is 6.92 Å². The van der Waals surface area contributed by atoms with Gasteiger partial charge in [-0.2, -0.15) is 0 Å². The SMILES string of the molecule is COC(=O)c1sc(NC(=S)Nc2c(F)c(F)cc(F)c2F)c(C(=O)OC)c1C. The molecule has 2 rings (SSSR count). The molecule has 12 heteroatoms. The number of carbonyl (C=O) groups is 2. The molecule has 0 spiro atoms. The zero-order chi connectivity index (χ0) is 21.2. The van der Waals surface area contributed by atoms with Crippen LogP contribution < -0.4 is 10.6 Å². The van der Waals surface area contributed by atoms with Crippen molar-refractivity contribution in [1.82, 2.24) is 0 Å². The lowest BCUT2D eigenvalue weighted by molar-refractivity contribution is 0.0601. The van der Waals surface area contributed by atoms with Crippen LogP contribution >= 0.6 is 23.6 Å². The largest absolute Gasteiger partial charge is 0.465 e. The van der Waals surface area contributed by atoms with Crippen LogP contribution in [-0.2, 0) is 9.47 Å². The number of esters is 2. The Labute approximate surface area is 165 Å². The molecule has 2 N–H and O–H groups in total. The fourth-order valence-electron chi connectivity index (χ4n) is 2.17. The lowest BCUT2D eigenvalue weighted by Gasteiger charge is -2.12. The standard InChI is InChI=1S/C16H12F4N2O4S2/c1-5-8(14(23)25-2)13(28-12(5)15(24)26-3)22-16(27)21-11-9(19)6(17)4-7(18)10(11)20/h4H,1-3H3,(H2,21,22,27). The summed E-state index contributed by atoms with van der Waals surface area (Å²) in [5.41, 5.74) is -0.998. The Hall–Kier alpha value is -2.73. The Morgan fingerprint density at radius 1 is 1.00 bits per heavy atom. The molecule has 28 heavy (non-hydrogen) atoms. The number of hydrogen-bond donors (Lipinski definition) is 2. The van der Waals surface area contributed by atoms with Crippen LogP contribution in [-0.4, -0.2) is 31.3 Å². The van der Waals surface area contributed by atoms with Crippen LogP contribution in [0, 0.1) is 30.2 Å². The third-order valence-electron chi connectivity index (χ3n) is 3.48. The molecule has 2 aromatic rings. The van der Waals surface area contributed by atoms with Crippen LogP contribution in [0.25, 0.3) is 0 Å². The molecular weight excluding hydrogens is 424 g/mol. The van der Waals surface area contributed by atoms with Gasteiger partial charge in [0, 0.05) is 6.07 Å². The molecule has 1 heterocycles. The van der Waals surface area contributed by atoms with E-state index in [2.05, 4.69) is 14.8 Å². The zero-order valence-electron chi connectivity index (χ0n) is 14.5. The van der Waals surface area contributed by atoms with Gasteiger partial charge in [-0.3, -0.25) is 0 Å². The molecule has 0 unspecified atom stereocenters. The topological polar surface area (TPSA) is 76.7 Å². The minimum atomic E-state index is -1.69. The molecule has 0 saturated heterocycles. The quantitative estimate of drug-likeness (QED) is 0.325. The zero-order valence-corrected chi connectivity index (χ0v) is 16.2. The number of nitrogens with one attached hydrogen (secondary N) is 2. The number of carbonyl (C=O) groups excluding carboxylic acids is 2. The van der Waals surface area contributed by atoms with Crippen LogP contribution in [0.3, 0.4) is 0 Å². The number of halogens is 4. The number of thiophene rings is 1. The summed E-state index contributed by atoms with van der Waals surface area (Å²) in [4.78, 5) is 23.9. The summed E-state index contributed by atoms with van der Waals surface area (Å²) in [6.45, 7) is 1.46. The van der Waals surface area contributed by atoms with Gasteiger partial charge in [-0.25, -0.2) is 27.2 Å². The summed E-state index contributed by atoms with van der Waals surface area (Å²) in [7, 11) is 2.25. The van der Waals surface area contributed by atoms with Gasteiger partial charge in [0.05, 0.1) is 19.8 Å². The van der Waals surface area contributed by atoms with Gasteiger partial charge in [-0.15, -0.1) is 11.3 Å². The summed E-state index contributed by atoms with van der Waals surface area (Å²) in [5, 5.41) is 3.96. The van der Waals surface area contributed by atoms with Crippen LogP contribution in [0.4, 0.5) is 28.3 Å². The summed E-state index contributed by atoms with van der Waals surface area (Å²) >= 11 is 5.66. The van der Waals surface area contributed by atoms with Crippen LogP contribution in [0.2, 0.25) is 0 Å². The predicted molar refractivity (Wildman–Crippen MR) is 97.9 cm³/mol. The molecule has 0 amide bonds. The van der Waals surface area contributed by atoms with E-state index in [-0.39, 0.29) is 27.1 Å². The Balaban J connectivity index is 2.39. The number of benzene rings is 1. The molecule has 150 valence electrons. The Kier molecular flexibility index (Phi) is 6.56. The highest BCUT2D eigenvalue weighted by molar-refractivity contribution is 7.80. The molecule has 0 aliphatic rings. The second-order valence-corrected chi connectivity index (χ2v) is 6.59. The van der Waals surface area contributed by atoms with Crippen molar-refractivity contribution >= 4 is 51.3 Å². The van der Waals surface area contributed by atoms with Gasteiger partial charge in [0.25, 0.3) is 0 Å². The minimum absolute atomic E-state index is 0.0000543. The predicted octanol–water partition coefficient (Wildman–Crippen LogP) is 4.00. The Morgan fingerprint density at radius 3 is 2.04 bits per heavy atom. The number of ether oxygens (including phenoxy) is 2. The first kappa shape index (κ1) is 21.6. The van der Waals surface area contributed by atoms with Crippen LogP contribution in [0.1, 0.15) is 25.6 Å². The highest BCUT2D eigenvalue weighted by Gasteiger charge is 2.27. The molecule has 1 aromatic heterocycles. The molecule has 0 atom stereocenters. The number of rotatable bonds is 4. The third-order valence-corrected chi connectivity index (χ3v) is 4.88. The maximum atomic E-state index is 13.8. The molecule has 6 nitrogen and oxygen atoms in total. The summed E-state index contributed by atoms with van der Waals surface area (Å²) in [5.74, 6) is -8.17. The van der Waals surface area contributed by atoms with Gasteiger partial charge in [-0.1, -0.05) is 0 Å². The average molecular weight is 436 g/mol. The maximum Gasteiger partial charge on any atom is 0.348 e. The molecule has 0 aliphatic carbocycles. The van der Waals surface area contributed by atoms with Crippen molar-refractivity contribution in [1.29, 1.82) is 0 Å². The van der Waals surface area contributed by atoms with Crippen molar-refractivity contribution in [3.8, 4) is 0 Å². The number of hydrogen-bond acceptors (Lipinski definition) is 6. The Bertz CT molecular complexity index is 952. The molecular formula is C16H12F4N2O4S2. The minimum Gasteiger partial charge on any atom is -0.465 e. The molecule has 0 fully saturated rings. The molecule has 0 radical (unpaired) electrons. The molecule has 0 saturated carbocycles. The van der Waals surface area contributed by atoms with Crippen molar-refractivity contribution in [3.63, 3.8) is 0 Å². The number of anilines is 2. The van der Waals surface area contributed by atoms with Crippen molar-refractivity contribution in [2.24, 2.45) is 0 Å². The normalized spacial score (nSPS) is 10.4. The van der Waals surface area contributed by atoms with Crippen molar-refractivity contribution < 1.29 is 36.6 Å². The van der Waals surface area contributed by atoms with Crippen molar-refractivity contribution in [3.05, 3.63) is 45.3 Å². The lowest BCUT2D eigenvalue weighted by atomic mass is 10.1. The van der Waals surface area contributed by atoms with Gasteiger partial charge in [0.2, 0.25) is 0 Å². The van der Waals surface area contributed by atoms with Crippen LogP contribution in [0.15, 0.2) is 6.07 Å². The highest BCUT2D eigenvalue weighted by atomic mass is 32.1.